The van der Waals surface area contributed by atoms with Gasteiger partial charge in [0.25, 0.3) is 46.4 Å². The third-order valence-electron chi connectivity index (χ3n) is 12.8. The highest BCUT2D eigenvalue weighted by Crippen LogP contribution is 2.43. The number of hydrogen-bond donors (Lipinski definition) is 8. The van der Waals surface area contributed by atoms with Crippen molar-refractivity contribution in [2.45, 2.75) is 91.7 Å². The molecule has 4 aromatic carbocycles. The Balaban J connectivity index is 1.32. The monoisotopic (exact) mass is 1200 g/mol. The van der Waals surface area contributed by atoms with Gasteiger partial charge in [0.2, 0.25) is 5.91 Å². The Hall–Kier alpha value is -6.25. The van der Waals surface area contributed by atoms with E-state index in [0.29, 0.717) is 71.5 Å². The maximum atomic E-state index is 14.5. The topological polar surface area (TPSA) is 373 Å². The normalized spacial score (nSPS) is 13.0. The lowest BCUT2D eigenvalue weighted by Gasteiger charge is -2.27. The van der Waals surface area contributed by atoms with E-state index in [-0.39, 0.29) is 90.4 Å². The summed E-state index contributed by atoms with van der Waals surface area (Å²) in [7, 11) is -18.2. The standard InChI is InChI=1S/C53H64N4O20S4/c1-52(2,33-76-61)32-74-23-19-53(3,4)75-24-20-54-49(59)11-8-21-57(5)51(60)41-10-7-6-9-40(41)50-42-17-14-37(55-30-35-12-15-38(78(62,63)64)27-47(35)80(68,69)70)26-45(42)77-46-29-44(34(18-22-58)25-43(46)50)56-31-36-13-16-39(79(65,66)67)28-48(36)81(71,72)73/h6-7,9-10,12-17,25-29,55,58,61H,8,11,18-24,30-33H2,1-5H3,(H,54,59)(H,62,63,64)(H,65,66,67)(H,68,69,70)(H,71,72,73). The third-order valence-corrected chi connectivity index (χ3v) is 16.4. The molecular weight excluding hydrogens is 1140 g/mol. The number of anilines is 1. The number of aliphatic hydroxyl groups excluding tert-OH is 1. The number of nitrogens with zero attached hydrogens (tertiary/aromatic N) is 2. The number of rotatable bonds is 28. The molecule has 0 fully saturated rings. The van der Waals surface area contributed by atoms with Gasteiger partial charge in [-0.2, -0.15) is 33.7 Å². The lowest BCUT2D eigenvalue weighted by atomic mass is 9.89. The van der Waals surface area contributed by atoms with Crippen molar-refractivity contribution in [1.29, 1.82) is 0 Å². The van der Waals surface area contributed by atoms with Crippen molar-refractivity contribution in [2.24, 2.45) is 10.4 Å². The summed E-state index contributed by atoms with van der Waals surface area (Å²) in [6.45, 7) is 8.01. The van der Waals surface area contributed by atoms with Crippen LogP contribution in [0.2, 0.25) is 0 Å². The summed E-state index contributed by atoms with van der Waals surface area (Å²) in [5.41, 5.74) is 1.25. The minimum atomic E-state index is -5.06. The predicted octanol–water partition coefficient (Wildman–Crippen LogP) is 6.13. The van der Waals surface area contributed by atoms with E-state index in [1.807, 2.05) is 27.7 Å². The Morgan fingerprint density at radius 2 is 1.37 bits per heavy atom. The van der Waals surface area contributed by atoms with Gasteiger partial charge in [-0.05, 0) is 104 Å². The minimum absolute atomic E-state index is 0.0150. The van der Waals surface area contributed by atoms with Gasteiger partial charge in [0, 0.05) is 91.6 Å². The van der Waals surface area contributed by atoms with Gasteiger partial charge in [-0.25, -0.2) is 4.89 Å². The quantitative estimate of drug-likeness (QED) is 0.00900. The van der Waals surface area contributed by atoms with Gasteiger partial charge in [0.1, 0.15) is 21.1 Å². The molecule has 2 aliphatic rings. The van der Waals surface area contributed by atoms with Crippen LogP contribution in [0.4, 0.5) is 5.69 Å². The van der Waals surface area contributed by atoms with Gasteiger partial charge in [0.15, 0.2) is 0 Å². The SMILES string of the molecule is CN(CCCC(=O)NCCOC(C)(C)CCOCC(C)(C)COO)C(=O)c1ccccc1-c1c2cc(CCO)c(=NCc3ccc(S(=O)(=O)O)cc3S(=O)(=O)O)cc-2oc2cc(NCc3ccc(S(=O)(=O)O)cc3S(=O)(=O)O)ccc12. The molecule has 0 spiro atoms. The van der Waals surface area contributed by atoms with Crippen LogP contribution in [0.1, 0.15) is 74.0 Å². The molecular formula is C53H64N4O20S4. The van der Waals surface area contributed by atoms with E-state index in [0.717, 1.165) is 24.3 Å². The van der Waals surface area contributed by atoms with E-state index in [9.17, 15) is 66.6 Å². The van der Waals surface area contributed by atoms with E-state index < -0.39 is 84.7 Å². The zero-order chi connectivity index (χ0) is 59.7. The van der Waals surface area contributed by atoms with Crippen LogP contribution in [0.25, 0.3) is 33.4 Å². The fourth-order valence-electron chi connectivity index (χ4n) is 8.59. The van der Waals surface area contributed by atoms with Crippen molar-refractivity contribution in [3.05, 3.63) is 119 Å². The Morgan fingerprint density at radius 1 is 0.728 bits per heavy atom. The Labute approximate surface area is 469 Å². The van der Waals surface area contributed by atoms with Gasteiger partial charge in [0.05, 0.1) is 47.1 Å². The van der Waals surface area contributed by atoms with Gasteiger partial charge in [-0.3, -0.25) is 38.0 Å². The lowest BCUT2D eigenvalue weighted by Crippen LogP contribution is -2.34. The van der Waals surface area contributed by atoms with E-state index in [1.54, 1.807) is 49.5 Å². The molecule has 0 bridgehead atoms. The molecule has 0 aromatic heterocycles. The number of fused-ring (bicyclic) bond motifs is 2. The highest BCUT2D eigenvalue weighted by atomic mass is 32.2. The van der Waals surface area contributed by atoms with Crippen molar-refractivity contribution < 1.29 is 90.6 Å². The van der Waals surface area contributed by atoms with Crippen LogP contribution in [0.15, 0.2) is 120 Å². The summed E-state index contributed by atoms with van der Waals surface area (Å²) in [6.07, 6.45) is 0.955. The number of hydrogen-bond acceptors (Lipinski definition) is 18. The molecule has 1 aliphatic carbocycles. The number of carbonyl (C=O) groups is 2. The van der Waals surface area contributed by atoms with E-state index >= 15 is 0 Å². The summed E-state index contributed by atoms with van der Waals surface area (Å²) < 4.78 is 154. The molecule has 0 unspecified atom stereocenters. The number of benzene rings is 5. The zero-order valence-corrected chi connectivity index (χ0v) is 48.0. The van der Waals surface area contributed by atoms with Crippen molar-refractivity contribution >= 4 is 68.9 Å². The fraction of sp³-hybridized carbons (Fsp3) is 0.377. The lowest BCUT2D eigenvalue weighted by molar-refractivity contribution is -0.263. The number of nitrogens with one attached hydrogen (secondary N) is 2. The van der Waals surface area contributed by atoms with Gasteiger partial charge in [-0.1, -0.05) is 44.2 Å². The second-order valence-electron chi connectivity index (χ2n) is 20.3. The maximum absolute atomic E-state index is 14.5. The second kappa shape index (κ2) is 26.3. The van der Waals surface area contributed by atoms with Crippen LogP contribution >= 0.6 is 0 Å². The summed E-state index contributed by atoms with van der Waals surface area (Å²) >= 11 is 0. The molecule has 1 heterocycles. The third kappa shape index (κ3) is 17.4. The van der Waals surface area contributed by atoms with E-state index in [4.69, 9.17) is 19.1 Å². The molecule has 0 radical (unpaired) electrons. The smallest absolute Gasteiger partial charge is 0.294 e. The highest BCUT2D eigenvalue weighted by molar-refractivity contribution is 7.87. The average Bonchev–Trinajstić information content (AvgIpc) is 3.38. The minimum Gasteiger partial charge on any atom is -0.456 e. The molecule has 6 rings (SSSR count). The molecule has 81 heavy (non-hydrogen) atoms. The Morgan fingerprint density at radius 3 is 2.00 bits per heavy atom. The molecule has 1 aliphatic heterocycles. The van der Waals surface area contributed by atoms with Crippen LogP contribution in [0.5, 0.6) is 0 Å². The van der Waals surface area contributed by atoms with Crippen LogP contribution in [0.3, 0.4) is 0 Å². The van der Waals surface area contributed by atoms with Gasteiger partial charge in [-0.15, -0.1) is 0 Å². The first-order chi connectivity index (χ1) is 37.8. The number of aliphatic hydroxyl groups is 1. The van der Waals surface area contributed by atoms with Crippen LogP contribution < -0.4 is 16.0 Å². The molecule has 0 saturated carbocycles. The van der Waals surface area contributed by atoms with Crippen molar-refractivity contribution in [3.63, 3.8) is 0 Å². The van der Waals surface area contributed by atoms with E-state index in [2.05, 4.69) is 20.5 Å². The van der Waals surface area contributed by atoms with Gasteiger partial charge < -0.3 is 34.5 Å². The largest absolute Gasteiger partial charge is 0.456 e. The number of amides is 2. The first kappa shape index (κ1) is 63.9. The predicted molar refractivity (Wildman–Crippen MR) is 295 cm³/mol. The van der Waals surface area contributed by atoms with Crippen molar-refractivity contribution in [3.8, 4) is 22.5 Å². The van der Waals surface area contributed by atoms with Crippen molar-refractivity contribution in [2.75, 3.05) is 58.5 Å². The summed E-state index contributed by atoms with van der Waals surface area (Å²) in [6, 6.07) is 19.9. The van der Waals surface area contributed by atoms with Crippen LogP contribution in [-0.4, -0.2) is 138 Å². The fourth-order valence-corrected chi connectivity index (χ4v) is 11.2. The first-order valence-corrected chi connectivity index (χ1v) is 30.7. The highest BCUT2D eigenvalue weighted by Gasteiger charge is 2.27. The Kier molecular flexibility index (Phi) is 20.8. The molecule has 440 valence electrons. The summed E-state index contributed by atoms with van der Waals surface area (Å²) in [5, 5.41) is 25.5. The van der Waals surface area contributed by atoms with E-state index in [1.165, 1.54) is 17.0 Å². The van der Waals surface area contributed by atoms with Crippen LogP contribution in [0, 0.1) is 5.41 Å². The molecule has 8 N–H and O–H groups in total. The molecule has 0 atom stereocenters. The summed E-state index contributed by atoms with van der Waals surface area (Å²) in [5.74, 6) is -0.527. The van der Waals surface area contributed by atoms with Crippen molar-refractivity contribution in [1.82, 2.24) is 10.2 Å². The number of ether oxygens (including phenoxy) is 2. The van der Waals surface area contributed by atoms with Gasteiger partial charge >= 0.3 is 0 Å². The Bertz CT molecular complexity index is 3790. The second-order valence-corrected chi connectivity index (χ2v) is 25.9. The average molecular weight is 1210 g/mol. The first-order valence-electron chi connectivity index (χ1n) is 25.0. The molecule has 24 nitrogen and oxygen atoms in total. The molecule has 2 amide bonds. The molecule has 28 heteroatoms. The summed E-state index contributed by atoms with van der Waals surface area (Å²) in [4.78, 5) is 34.5. The maximum Gasteiger partial charge on any atom is 0.294 e. The van der Waals surface area contributed by atoms with Crippen LogP contribution in [-0.2, 0) is 79.1 Å². The zero-order valence-electron chi connectivity index (χ0n) is 44.8. The number of carbonyl (C=O) groups excluding carboxylic acids is 2. The molecule has 0 saturated heterocycles. The molecule has 4 aromatic rings.